The Labute approximate surface area is 189 Å². The van der Waals surface area contributed by atoms with Crippen LogP contribution in [0.1, 0.15) is 50.6 Å². The third-order valence-electron chi connectivity index (χ3n) is 7.90. The molecule has 1 amide bonds. The van der Waals surface area contributed by atoms with E-state index in [9.17, 15) is 9.18 Å². The fraction of sp³-hybridized carbons (Fsp3) is 0.750. The maximum absolute atomic E-state index is 14.1. The van der Waals surface area contributed by atoms with Crippen molar-refractivity contribution >= 4 is 11.8 Å². The molecule has 3 aliphatic heterocycles. The molecule has 0 unspecified atom stereocenters. The molecule has 1 spiro atoms. The number of hydrogen-bond donors (Lipinski definition) is 0. The van der Waals surface area contributed by atoms with Gasteiger partial charge in [0.2, 0.25) is 0 Å². The van der Waals surface area contributed by atoms with E-state index in [-0.39, 0.29) is 17.3 Å². The highest BCUT2D eigenvalue weighted by atomic mass is 19.1. The molecule has 5 rings (SSSR count). The number of nitrogens with zero attached hydrogens (tertiary/aromatic N) is 4. The second-order valence-electron chi connectivity index (χ2n) is 9.92. The number of piperazine rings is 1. The Morgan fingerprint density at radius 3 is 2.69 bits per heavy atom. The fourth-order valence-electron chi connectivity index (χ4n) is 6.19. The number of anilines is 1. The molecular weight excluding hydrogens is 411 g/mol. The minimum Gasteiger partial charge on any atom is -0.450 e. The minimum absolute atomic E-state index is 0.167. The zero-order chi connectivity index (χ0) is 22.1. The average molecular weight is 447 g/mol. The van der Waals surface area contributed by atoms with Crippen LogP contribution in [0.25, 0.3) is 0 Å². The number of hydrogen-bond acceptors (Lipinski definition) is 6. The van der Waals surface area contributed by atoms with Gasteiger partial charge in [0.15, 0.2) is 0 Å². The SMILES string of the molecule is CCOC(=O)N1CC2(CC[C@@H](N3CCN(c4cc(F)cnc4C4CCOCC4)CC3)C2)C1. The molecule has 0 aromatic carbocycles. The van der Waals surface area contributed by atoms with Crippen LogP contribution in [0.4, 0.5) is 14.9 Å². The van der Waals surface area contributed by atoms with Gasteiger partial charge >= 0.3 is 6.09 Å². The summed E-state index contributed by atoms with van der Waals surface area (Å²) in [6.45, 7) is 9.27. The van der Waals surface area contributed by atoms with Gasteiger partial charge < -0.3 is 19.3 Å². The zero-order valence-electron chi connectivity index (χ0n) is 19.1. The van der Waals surface area contributed by atoms with Crippen LogP contribution in [0.5, 0.6) is 0 Å². The number of pyridine rings is 1. The van der Waals surface area contributed by atoms with Crippen molar-refractivity contribution in [2.45, 2.75) is 51.0 Å². The molecule has 4 heterocycles. The van der Waals surface area contributed by atoms with Crippen LogP contribution < -0.4 is 4.90 Å². The van der Waals surface area contributed by atoms with Gasteiger partial charge in [0.05, 0.1) is 24.2 Å². The minimum atomic E-state index is -0.257. The van der Waals surface area contributed by atoms with Crippen molar-refractivity contribution in [1.82, 2.24) is 14.8 Å². The van der Waals surface area contributed by atoms with Crippen LogP contribution >= 0.6 is 0 Å². The maximum atomic E-state index is 14.1. The van der Waals surface area contributed by atoms with Gasteiger partial charge in [-0.1, -0.05) is 0 Å². The van der Waals surface area contributed by atoms with E-state index in [1.165, 1.54) is 19.0 Å². The van der Waals surface area contributed by atoms with Crippen LogP contribution in [0.15, 0.2) is 12.3 Å². The molecule has 1 aliphatic carbocycles. The summed E-state index contributed by atoms with van der Waals surface area (Å²) >= 11 is 0. The second kappa shape index (κ2) is 9.14. The van der Waals surface area contributed by atoms with Gasteiger partial charge in [-0.05, 0) is 39.0 Å². The first-order valence-corrected chi connectivity index (χ1v) is 12.2. The quantitative estimate of drug-likeness (QED) is 0.708. The summed E-state index contributed by atoms with van der Waals surface area (Å²) < 4.78 is 24.8. The van der Waals surface area contributed by atoms with E-state index < -0.39 is 0 Å². The molecule has 1 saturated carbocycles. The summed E-state index contributed by atoms with van der Waals surface area (Å²) in [6, 6.07) is 2.26. The smallest absolute Gasteiger partial charge is 0.409 e. The predicted molar refractivity (Wildman–Crippen MR) is 119 cm³/mol. The first-order valence-electron chi connectivity index (χ1n) is 12.2. The number of aromatic nitrogens is 1. The molecule has 0 N–H and O–H groups in total. The maximum Gasteiger partial charge on any atom is 0.409 e. The molecule has 4 fully saturated rings. The van der Waals surface area contributed by atoms with E-state index in [0.29, 0.717) is 18.6 Å². The first kappa shape index (κ1) is 21.9. The molecule has 1 aromatic heterocycles. The summed E-state index contributed by atoms with van der Waals surface area (Å²) in [5.41, 5.74) is 2.30. The van der Waals surface area contributed by atoms with Crippen molar-refractivity contribution < 1.29 is 18.7 Å². The fourth-order valence-corrected chi connectivity index (χ4v) is 6.19. The number of amides is 1. The Kier molecular flexibility index (Phi) is 6.25. The molecule has 32 heavy (non-hydrogen) atoms. The standard InChI is InChI=1S/C24H35FN4O3/c1-2-32-23(30)29-16-24(17-29)6-3-20(14-24)27-7-9-28(10-8-27)21-13-19(25)15-26-22(21)18-4-11-31-12-5-18/h13,15,18,20H,2-12,14,16-17H2,1H3/t20-/m1/s1. The molecule has 8 heteroatoms. The molecule has 3 saturated heterocycles. The summed E-state index contributed by atoms with van der Waals surface area (Å²) in [7, 11) is 0. The Morgan fingerprint density at radius 1 is 1.22 bits per heavy atom. The monoisotopic (exact) mass is 446 g/mol. The van der Waals surface area contributed by atoms with Gasteiger partial charge in [-0.15, -0.1) is 0 Å². The van der Waals surface area contributed by atoms with Crippen LogP contribution in [0.2, 0.25) is 0 Å². The van der Waals surface area contributed by atoms with Gasteiger partial charge in [0, 0.05) is 75.9 Å². The largest absolute Gasteiger partial charge is 0.450 e. The van der Waals surface area contributed by atoms with E-state index in [1.54, 1.807) is 6.07 Å². The molecule has 1 aromatic rings. The van der Waals surface area contributed by atoms with Crippen molar-refractivity contribution in [3.8, 4) is 0 Å². The summed E-state index contributed by atoms with van der Waals surface area (Å²) in [4.78, 5) is 23.2. The lowest BCUT2D eigenvalue weighted by Gasteiger charge is -2.48. The average Bonchev–Trinajstić information content (AvgIpc) is 3.25. The second-order valence-corrected chi connectivity index (χ2v) is 9.92. The van der Waals surface area contributed by atoms with Gasteiger partial charge in [-0.25, -0.2) is 9.18 Å². The molecule has 0 bridgehead atoms. The topological polar surface area (TPSA) is 58.1 Å². The van der Waals surface area contributed by atoms with Crippen molar-refractivity contribution in [1.29, 1.82) is 0 Å². The first-order chi connectivity index (χ1) is 15.6. The highest BCUT2D eigenvalue weighted by Crippen LogP contribution is 2.47. The Balaban J connectivity index is 1.17. The molecule has 4 aliphatic rings. The van der Waals surface area contributed by atoms with E-state index in [2.05, 4.69) is 14.8 Å². The van der Waals surface area contributed by atoms with E-state index in [0.717, 1.165) is 83.1 Å². The lowest BCUT2D eigenvalue weighted by Crippen LogP contribution is -2.58. The third-order valence-corrected chi connectivity index (χ3v) is 7.90. The molecular formula is C24H35FN4O3. The lowest BCUT2D eigenvalue weighted by atomic mass is 9.78. The van der Waals surface area contributed by atoms with Crippen LogP contribution in [0.3, 0.4) is 0 Å². The normalized spacial score (nSPS) is 26.4. The van der Waals surface area contributed by atoms with Crippen LogP contribution in [-0.4, -0.2) is 86.0 Å². The molecule has 1 atom stereocenters. The number of likely N-dealkylation sites (tertiary alicyclic amines) is 1. The van der Waals surface area contributed by atoms with Gasteiger partial charge in [0.1, 0.15) is 5.82 Å². The molecule has 176 valence electrons. The summed E-state index contributed by atoms with van der Waals surface area (Å²) in [5, 5.41) is 0. The van der Waals surface area contributed by atoms with Gasteiger partial charge in [-0.3, -0.25) is 9.88 Å². The highest BCUT2D eigenvalue weighted by Gasteiger charge is 2.51. The number of halogens is 1. The highest BCUT2D eigenvalue weighted by molar-refractivity contribution is 5.69. The van der Waals surface area contributed by atoms with Crippen LogP contribution in [-0.2, 0) is 9.47 Å². The number of carbonyl (C=O) groups excluding carboxylic acids is 1. The zero-order valence-corrected chi connectivity index (χ0v) is 19.1. The summed E-state index contributed by atoms with van der Waals surface area (Å²) in [5.74, 6) is 0.0974. The van der Waals surface area contributed by atoms with Crippen LogP contribution in [0, 0.1) is 11.2 Å². The number of ether oxygens (including phenoxy) is 2. The van der Waals surface area contributed by atoms with Gasteiger partial charge in [0.25, 0.3) is 0 Å². The van der Waals surface area contributed by atoms with E-state index in [4.69, 9.17) is 9.47 Å². The lowest BCUT2D eigenvalue weighted by molar-refractivity contribution is -0.00294. The van der Waals surface area contributed by atoms with Crippen molar-refractivity contribution in [3.63, 3.8) is 0 Å². The third kappa shape index (κ3) is 4.31. The Hall–Kier alpha value is -1.93. The van der Waals surface area contributed by atoms with E-state index in [1.807, 2.05) is 11.8 Å². The van der Waals surface area contributed by atoms with Crippen molar-refractivity contribution in [2.24, 2.45) is 5.41 Å². The Morgan fingerprint density at radius 2 is 1.97 bits per heavy atom. The Bertz CT molecular complexity index is 817. The number of rotatable bonds is 4. The van der Waals surface area contributed by atoms with Crippen molar-refractivity contribution in [2.75, 3.05) is 64.0 Å². The van der Waals surface area contributed by atoms with Crippen molar-refractivity contribution in [3.05, 3.63) is 23.8 Å². The molecule has 7 nitrogen and oxygen atoms in total. The number of carbonyl (C=O) groups is 1. The predicted octanol–water partition coefficient (Wildman–Crippen LogP) is 3.25. The van der Waals surface area contributed by atoms with E-state index >= 15 is 0 Å². The van der Waals surface area contributed by atoms with Gasteiger partial charge in [-0.2, -0.15) is 0 Å². The molecule has 0 radical (unpaired) electrons. The summed E-state index contributed by atoms with van der Waals surface area (Å²) in [6.07, 6.45) is 6.66.